The average Bonchev–Trinajstić information content (AvgIpc) is 3.37. The SMILES string of the molecule is CCOc1cc(N2CCCC2)nc2cc(-c3nc4ccccc4nc3C)nn12. The van der Waals surface area contributed by atoms with Gasteiger partial charge in [-0.3, -0.25) is 0 Å². The average molecular weight is 374 g/mol. The zero-order chi connectivity index (χ0) is 19.1. The molecule has 142 valence electrons. The van der Waals surface area contributed by atoms with Crippen LogP contribution in [0.3, 0.4) is 0 Å². The van der Waals surface area contributed by atoms with Crippen LogP contribution < -0.4 is 9.64 Å². The molecule has 28 heavy (non-hydrogen) atoms. The Hall–Kier alpha value is -3.22. The minimum atomic E-state index is 0.572. The van der Waals surface area contributed by atoms with E-state index < -0.39 is 0 Å². The van der Waals surface area contributed by atoms with E-state index in [0.29, 0.717) is 12.5 Å². The molecule has 7 heteroatoms. The Morgan fingerprint density at radius 1 is 1.00 bits per heavy atom. The van der Waals surface area contributed by atoms with E-state index >= 15 is 0 Å². The Bertz CT molecular complexity index is 1160. The number of para-hydroxylation sites is 2. The molecule has 0 N–H and O–H groups in total. The number of hydrogen-bond donors (Lipinski definition) is 0. The monoisotopic (exact) mass is 374 g/mol. The fraction of sp³-hybridized carbons (Fsp3) is 0.333. The largest absolute Gasteiger partial charge is 0.478 e. The summed E-state index contributed by atoms with van der Waals surface area (Å²) in [5, 5.41) is 4.75. The predicted molar refractivity (Wildman–Crippen MR) is 109 cm³/mol. The van der Waals surface area contributed by atoms with Crippen LogP contribution in [0, 0.1) is 6.92 Å². The van der Waals surface area contributed by atoms with Crippen molar-refractivity contribution in [3.05, 3.63) is 42.1 Å². The Balaban J connectivity index is 1.66. The Labute approximate surface area is 163 Å². The highest BCUT2D eigenvalue weighted by atomic mass is 16.5. The number of benzene rings is 1. The van der Waals surface area contributed by atoms with E-state index in [9.17, 15) is 0 Å². The van der Waals surface area contributed by atoms with Crippen LogP contribution in [-0.4, -0.2) is 44.3 Å². The van der Waals surface area contributed by atoms with Crippen molar-refractivity contribution in [2.75, 3.05) is 24.6 Å². The second-order valence-corrected chi connectivity index (χ2v) is 7.03. The van der Waals surface area contributed by atoms with Crippen LogP contribution in [0.1, 0.15) is 25.5 Å². The van der Waals surface area contributed by atoms with Crippen LogP contribution in [-0.2, 0) is 0 Å². The first kappa shape index (κ1) is 16.9. The summed E-state index contributed by atoms with van der Waals surface area (Å²) in [4.78, 5) is 16.6. The van der Waals surface area contributed by atoms with Gasteiger partial charge in [-0.2, -0.15) is 9.61 Å². The molecule has 0 bridgehead atoms. The van der Waals surface area contributed by atoms with E-state index in [-0.39, 0.29) is 0 Å². The molecule has 0 saturated carbocycles. The third-order valence-corrected chi connectivity index (χ3v) is 5.09. The van der Waals surface area contributed by atoms with Gasteiger partial charge in [-0.15, -0.1) is 0 Å². The van der Waals surface area contributed by atoms with Gasteiger partial charge < -0.3 is 9.64 Å². The van der Waals surface area contributed by atoms with Crippen molar-refractivity contribution in [3.8, 4) is 17.3 Å². The van der Waals surface area contributed by atoms with Crippen molar-refractivity contribution in [1.82, 2.24) is 24.6 Å². The second kappa shape index (κ2) is 6.74. The van der Waals surface area contributed by atoms with Gasteiger partial charge in [0.2, 0.25) is 5.88 Å². The van der Waals surface area contributed by atoms with Crippen molar-refractivity contribution in [3.63, 3.8) is 0 Å². The topological polar surface area (TPSA) is 68.4 Å². The summed E-state index contributed by atoms with van der Waals surface area (Å²) in [6.07, 6.45) is 2.40. The van der Waals surface area contributed by atoms with Gasteiger partial charge >= 0.3 is 0 Å². The third-order valence-electron chi connectivity index (χ3n) is 5.09. The van der Waals surface area contributed by atoms with E-state index in [1.54, 1.807) is 4.52 Å². The lowest BCUT2D eigenvalue weighted by atomic mass is 10.2. The van der Waals surface area contributed by atoms with Crippen LogP contribution in [0.2, 0.25) is 0 Å². The lowest BCUT2D eigenvalue weighted by molar-refractivity contribution is 0.317. The van der Waals surface area contributed by atoms with Crippen LogP contribution in [0.25, 0.3) is 28.1 Å². The van der Waals surface area contributed by atoms with Crippen molar-refractivity contribution in [2.45, 2.75) is 26.7 Å². The van der Waals surface area contributed by atoms with Crippen LogP contribution in [0.5, 0.6) is 5.88 Å². The minimum Gasteiger partial charge on any atom is -0.478 e. The molecule has 0 radical (unpaired) electrons. The predicted octanol–water partition coefficient (Wildman–Crippen LogP) is 3.65. The highest BCUT2D eigenvalue weighted by Crippen LogP contribution is 2.28. The molecule has 0 unspecified atom stereocenters. The van der Waals surface area contributed by atoms with E-state index in [1.165, 1.54) is 12.8 Å². The molecule has 0 amide bonds. The Morgan fingerprint density at radius 2 is 1.75 bits per heavy atom. The summed E-state index contributed by atoms with van der Waals surface area (Å²) in [7, 11) is 0. The molecular formula is C21H22N6O. The molecule has 1 aliphatic heterocycles. The van der Waals surface area contributed by atoms with Crippen LogP contribution >= 0.6 is 0 Å². The number of anilines is 1. The van der Waals surface area contributed by atoms with Crippen molar-refractivity contribution >= 4 is 22.5 Å². The van der Waals surface area contributed by atoms with Gasteiger partial charge in [0, 0.05) is 25.2 Å². The fourth-order valence-corrected chi connectivity index (χ4v) is 3.74. The van der Waals surface area contributed by atoms with Gasteiger partial charge in [0.25, 0.3) is 0 Å². The molecule has 1 aromatic carbocycles. The van der Waals surface area contributed by atoms with E-state index in [1.807, 2.05) is 50.2 Å². The fourth-order valence-electron chi connectivity index (χ4n) is 3.74. The molecule has 7 nitrogen and oxygen atoms in total. The first-order valence-corrected chi connectivity index (χ1v) is 9.75. The van der Waals surface area contributed by atoms with Crippen LogP contribution in [0.4, 0.5) is 5.82 Å². The smallest absolute Gasteiger partial charge is 0.220 e. The molecule has 5 rings (SSSR count). The molecule has 0 aliphatic carbocycles. The minimum absolute atomic E-state index is 0.572. The number of rotatable bonds is 4. The molecular weight excluding hydrogens is 352 g/mol. The van der Waals surface area contributed by atoms with Crippen molar-refractivity contribution < 1.29 is 4.74 Å². The number of nitrogens with zero attached hydrogens (tertiary/aromatic N) is 6. The summed E-state index contributed by atoms with van der Waals surface area (Å²) in [5.41, 5.74) is 4.88. The van der Waals surface area contributed by atoms with Crippen molar-refractivity contribution in [1.29, 1.82) is 0 Å². The zero-order valence-electron chi connectivity index (χ0n) is 16.1. The maximum absolute atomic E-state index is 5.87. The lowest BCUT2D eigenvalue weighted by Gasteiger charge is -2.17. The number of ether oxygens (including phenoxy) is 1. The second-order valence-electron chi connectivity index (χ2n) is 7.03. The van der Waals surface area contributed by atoms with E-state index in [0.717, 1.165) is 52.7 Å². The molecule has 0 spiro atoms. The third kappa shape index (κ3) is 2.83. The molecule has 0 atom stereocenters. The summed E-state index contributed by atoms with van der Waals surface area (Å²) in [5.74, 6) is 1.65. The zero-order valence-corrected chi connectivity index (χ0v) is 16.1. The number of hydrogen-bond acceptors (Lipinski definition) is 6. The van der Waals surface area contributed by atoms with Crippen LogP contribution in [0.15, 0.2) is 36.4 Å². The van der Waals surface area contributed by atoms with Gasteiger partial charge in [0.1, 0.15) is 17.2 Å². The molecule has 1 aliphatic rings. The summed E-state index contributed by atoms with van der Waals surface area (Å²) >= 11 is 0. The van der Waals surface area contributed by atoms with Gasteiger partial charge in [-0.1, -0.05) is 12.1 Å². The normalized spacial score (nSPS) is 14.3. The standard InChI is InChI=1S/C21H22N6O/c1-3-28-20-13-18(26-10-6-7-11-26)24-19-12-17(25-27(19)20)21-14(2)22-15-8-4-5-9-16(15)23-21/h4-5,8-9,12-13H,3,6-7,10-11H2,1-2H3. The number of aryl methyl sites for hydroxylation is 1. The Kier molecular flexibility index (Phi) is 4.07. The first-order chi connectivity index (χ1) is 13.7. The summed E-state index contributed by atoms with van der Waals surface area (Å²) < 4.78 is 7.63. The Morgan fingerprint density at radius 3 is 2.50 bits per heavy atom. The number of fused-ring (bicyclic) bond motifs is 2. The molecule has 4 heterocycles. The quantitative estimate of drug-likeness (QED) is 0.543. The van der Waals surface area contributed by atoms with E-state index in [4.69, 9.17) is 19.8 Å². The maximum atomic E-state index is 5.87. The van der Waals surface area contributed by atoms with Gasteiger partial charge in [-0.05, 0) is 38.8 Å². The molecule has 3 aromatic heterocycles. The summed E-state index contributed by atoms with van der Waals surface area (Å²) in [6.45, 7) is 6.58. The number of aromatic nitrogens is 5. The van der Waals surface area contributed by atoms with E-state index in [2.05, 4.69) is 9.88 Å². The van der Waals surface area contributed by atoms with Gasteiger partial charge in [0.15, 0.2) is 5.65 Å². The molecule has 1 saturated heterocycles. The van der Waals surface area contributed by atoms with Crippen molar-refractivity contribution in [2.24, 2.45) is 0 Å². The lowest BCUT2D eigenvalue weighted by Crippen LogP contribution is -2.19. The highest BCUT2D eigenvalue weighted by molar-refractivity contribution is 5.78. The summed E-state index contributed by atoms with van der Waals surface area (Å²) in [6, 6.07) is 11.8. The molecule has 4 aromatic rings. The first-order valence-electron chi connectivity index (χ1n) is 9.75. The molecule has 1 fully saturated rings. The highest BCUT2D eigenvalue weighted by Gasteiger charge is 2.19. The maximum Gasteiger partial charge on any atom is 0.220 e. The van der Waals surface area contributed by atoms with Gasteiger partial charge in [-0.25, -0.2) is 15.0 Å². The van der Waals surface area contributed by atoms with Gasteiger partial charge in [0.05, 0.1) is 23.3 Å².